The summed E-state index contributed by atoms with van der Waals surface area (Å²) >= 11 is 0. The van der Waals surface area contributed by atoms with Crippen molar-refractivity contribution in [3.8, 4) is 0 Å². The third-order valence-corrected chi connectivity index (χ3v) is 2.07. The number of likely N-dealkylation sites (N-methyl/N-ethyl adjacent to an activating group) is 1. The van der Waals surface area contributed by atoms with Crippen LogP contribution in [0.2, 0.25) is 0 Å². The lowest BCUT2D eigenvalue weighted by Crippen LogP contribution is -2.39. The summed E-state index contributed by atoms with van der Waals surface area (Å²) in [6, 6.07) is 0.397. The normalized spacial score (nSPS) is 13.2. The molecule has 0 fully saturated rings. The summed E-state index contributed by atoms with van der Waals surface area (Å²) in [4.78, 5) is 12.7. The zero-order chi connectivity index (χ0) is 9.72. The molecule has 3 nitrogen and oxygen atoms in total. The van der Waals surface area contributed by atoms with Gasteiger partial charge in [0.2, 0.25) is 5.91 Å². The maximum absolute atomic E-state index is 11.1. The van der Waals surface area contributed by atoms with E-state index in [4.69, 9.17) is 0 Å². The molecule has 1 atom stereocenters. The first-order chi connectivity index (χ1) is 5.45. The highest BCUT2D eigenvalue weighted by molar-refractivity contribution is 5.77. The summed E-state index contributed by atoms with van der Waals surface area (Å²) in [7, 11) is 3.54. The summed E-state index contributed by atoms with van der Waals surface area (Å²) in [5.41, 5.74) is 0. The van der Waals surface area contributed by atoms with Gasteiger partial charge in [-0.2, -0.15) is 0 Å². The smallest absolute Gasteiger partial charge is 0.236 e. The number of amides is 1. The van der Waals surface area contributed by atoms with Gasteiger partial charge >= 0.3 is 0 Å². The summed E-state index contributed by atoms with van der Waals surface area (Å²) in [5.74, 6) is 0.697. The molecule has 1 amide bonds. The number of rotatable bonds is 4. The second kappa shape index (κ2) is 5.14. The highest BCUT2D eigenvalue weighted by Gasteiger charge is 2.09. The Morgan fingerprint density at radius 1 is 1.33 bits per heavy atom. The minimum atomic E-state index is 0.127. The van der Waals surface area contributed by atoms with E-state index in [0.29, 0.717) is 18.5 Å². The molecule has 0 saturated heterocycles. The van der Waals surface area contributed by atoms with Gasteiger partial charge in [0, 0.05) is 20.1 Å². The van der Waals surface area contributed by atoms with Crippen LogP contribution in [0, 0.1) is 5.92 Å². The quantitative estimate of drug-likeness (QED) is 0.677. The zero-order valence-corrected chi connectivity index (χ0v) is 8.72. The molecular weight excluding hydrogens is 152 g/mol. The molecule has 0 aliphatic rings. The van der Waals surface area contributed by atoms with Crippen molar-refractivity contribution >= 4 is 5.91 Å². The maximum Gasteiger partial charge on any atom is 0.236 e. The Morgan fingerprint density at radius 2 is 1.83 bits per heavy atom. The molecule has 0 rings (SSSR count). The zero-order valence-electron chi connectivity index (χ0n) is 8.72. The molecule has 72 valence electrons. The van der Waals surface area contributed by atoms with E-state index < -0.39 is 0 Å². The molecule has 3 heteroatoms. The molecule has 0 spiro atoms. The van der Waals surface area contributed by atoms with Gasteiger partial charge in [-0.25, -0.2) is 0 Å². The van der Waals surface area contributed by atoms with Crippen LogP contribution in [0.1, 0.15) is 20.8 Å². The average Bonchev–Trinajstić information content (AvgIpc) is 1.98. The first-order valence-electron chi connectivity index (χ1n) is 4.38. The number of nitrogens with one attached hydrogen (secondary N) is 1. The fourth-order valence-corrected chi connectivity index (χ4v) is 0.642. The van der Waals surface area contributed by atoms with Gasteiger partial charge in [0.1, 0.15) is 0 Å². The topological polar surface area (TPSA) is 32.3 Å². The van der Waals surface area contributed by atoms with Gasteiger partial charge < -0.3 is 10.2 Å². The molecule has 0 unspecified atom stereocenters. The van der Waals surface area contributed by atoms with Crippen LogP contribution < -0.4 is 5.32 Å². The van der Waals surface area contributed by atoms with Crippen molar-refractivity contribution in [2.45, 2.75) is 26.8 Å². The van der Waals surface area contributed by atoms with E-state index >= 15 is 0 Å². The molecule has 0 saturated carbocycles. The van der Waals surface area contributed by atoms with Crippen molar-refractivity contribution in [3.05, 3.63) is 0 Å². The minimum absolute atomic E-state index is 0.127. The Labute approximate surface area is 75.1 Å². The van der Waals surface area contributed by atoms with Crippen LogP contribution in [0.25, 0.3) is 0 Å². The lowest BCUT2D eigenvalue weighted by atomic mass is 10.1. The molecular formula is C9H20N2O. The molecule has 0 aliphatic carbocycles. The molecule has 0 aromatic heterocycles. The Morgan fingerprint density at radius 3 is 2.17 bits per heavy atom. The first kappa shape index (κ1) is 11.4. The number of hydrogen-bond acceptors (Lipinski definition) is 2. The van der Waals surface area contributed by atoms with Crippen molar-refractivity contribution in [3.63, 3.8) is 0 Å². The monoisotopic (exact) mass is 172 g/mol. The van der Waals surface area contributed by atoms with Crippen molar-refractivity contribution in [1.29, 1.82) is 0 Å². The highest BCUT2D eigenvalue weighted by atomic mass is 16.2. The summed E-state index contributed by atoms with van der Waals surface area (Å²) in [6.07, 6.45) is 0. The molecule has 0 aromatic rings. The number of hydrogen-bond donors (Lipinski definition) is 1. The largest absolute Gasteiger partial charge is 0.348 e. The van der Waals surface area contributed by atoms with Crippen molar-refractivity contribution in [2.24, 2.45) is 5.92 Å². The van der Waals surface area contributed by atoms with Crippen molar-refractivity contribution < 1.29 is 4.79 Å². The summed E-state index contributed by atoms with van der Waals surface area (Å²) in [5, 5.41) is 3.17. The van der Waals surface area contributed by atoms with E-state index in [2.05, 4.69) is 26.1 Å². The maximum atomic E-state index is 11.1. The number of carbonyl (C=O) groups excluding carboxylic acids is 1. The lowest BCUT2D eigenvalue weighted by molar-refractivity contribution is -0.127. The Hall–Kier alpha value is -0.570. The minimum Gasteiger partial charge on any atom is -0.348 e. The van der Waals surface area contributed by atoms with Gasteiger partial charge in [-0.05, 0) is 12.8 Å². The highest BCUT2D eigenvalue weighted by Crippen LogP contribution is 1.98. The van der Waals surface area contributed by atoms with Crippen LogP contribution in [0.4, 0.5) is 0 Å². The molecule has 0 bridgehead atoms. The second-order valence-corrected chi connectivity index (χ2v) is 3.70. The fraction of sp³-hybridized carbons (Fsp3) is 0.889. The fourth-order valence-electron chi connectivity index (χ4n) is 0.642. The summed E-state index contributed by atoms with van der Waals surface area (Å²) in [6.45, 7) is 6.80. The van der Waals surface area contributed by atoms with Crippen molar-refractivity contribution in [2.75, 3.05) is 20.6 Å². The van der Waals surface area contributed by atoms with E-state index in [-0.39, 0.29) is 5.91 Å². The van der Waals surface area contributed by atoms with Gasteiger partial charge in [-0.15, -0.1) is 0 Å². The van der Waals surface area contributed by atoms with E-state index in [0.717, 1.165) is 0 Å². The molecule has 0 heterocycles. The second-order valence-electron chi connectivity index (χ2n) is 3.70. The molecule has 0 aromatic carbocycles. The standard InChI is InChI=1S/C9H20N2O/c1-7(2)8(3)10-6-9(12)11(4)5/h7-8,10H,6H2,1-5H3/t8-/m0/s1. The molecule has 12 heavy (non-hydrogen) atoms. The third-order valence-electron chi connectivity index (χ3n) is 2.07. The van der Waals surface area contributed by atoms with Gasteiger partial charge in [0.05, 0.1) is 6.54 Å². The predicted molar refractivity (Wildman–Crippen MR) is 51.0 cm³/mol. The van der Waals surface area contributed by atoms with Crippen LogP contribution in [-0.2, 0) is 4.79 Å². The van der Waals surface area contributed by atoms with E-state index in [1.165, 1.54) is 0 Å². The van der Waals surface area contributed by atoms with Gasteiger partial charge in [-0.3, -0.25) is 4.79 Å². The lowest BCUT2D eigenvalue weighted by Gasteiger charge is -2.18. The van der Waals surface area contributed by atoms with Crippen LogP contribution >= 0.6 is 0 Å². The predicted octanol–water partition coefficient (Wildman–Crippen LogP) is 0.709. The van der Waals surface area contributed by atoms with E-state index in [1.54, 1.807) is 19.0 Å². The SMILES string of the molecule is CC(C)[C@H](C)NCC(=O)N(C)C. The Kier molecular flexibility index (Phi) is 4.90. The van der Waals surface area contributed by atoms with Gasteiger partial charge in [-0.1, -0.05) is 13.8 Å². The third kappa shape index (κ3) is 4.34. The van der Waals surface area contributed by atoms with Crippen molar-refractivity contribution in [1.82, 2.24) is 10.2 Å². The molecule has 0 aliphatic heterocycles. The molecule has 1 N–H and O–H groups in total. The van der Waals surface area contributed by atoms with Crippen LogP contribution in [0.5, 0.6) is 0 Å². The van der Waals surface area contributed by atoms with Crippen LogP contribution in [0.3, 0.4) is 0 Å². The number of carbonyl (C=O) groups is 1. The first-order valence-corrected chi connectivity index (χ1v) is 4.38. The van der Waals surface area contributed by atoms with Gasteiger partial charge in [0.25, 0.3) is 0 Å². The van der Waals surface area contributed by atoms with E-state index in [9.17, 15) is 4.79 Å². The van der Waals surface area contributed by atoms with Crippen LogP contribution in [-0.4, -0.2) is 37.5 Å². The van der Waals surface area contributed by atoms with E-state index in [1.807, 2.05) is 0 Å². The average molecular weight is 172 g/mol. The Bertz CT molecular complexity index is 143. The van der Waals surface area contributed by atoms with Crippen LogP contribution in [0.15, 0.2) is 0 Å². The number of nitrogens with zero attached hydrogens (tertiary/aromatic N) is 1. The molecule has 0 radical (unpaired) electrons. The summed E-state index contributed by atoms with van der Waals surface area (Å²) < 4.78 is 0. The van der Waals surface area contributed by atoms with Gasteiger partial charge in [0.15, 0.2) is 0 Å². The Balaban J connectivity index is 3.61.